The number of hydrogen-bond acceptors (Lipinski definition) is 4. The largest absolute Gasteiger partial charge is 0.369 e. The Morgan fingerprint density at radius 3 is 2.35 bits per heavy atom. The lowest BCUT2D eigenvalue weighted by Gasteiger charge is -2.32. The van der Waals surface area contributed by atoms with Crippen LogP contribution in [0.2, 0.25) is 0 Å². The van der Waals surface area contributed by atoms with Crippen LogP contribution in [0.4, 0.5) is 0 Å². The minimum Gasteiger partial charge on any atom is -0.369 e. The van der Waals surface area contributed by atoms with Gasteiger partial charge < -0.3 is 16.8 Å². The molecule has 5 N–H and O–H groups in total. The van der Waals surface area contributed by atoms with Crippen LogP contribution in [0, 0.1) is 0 Å². The molecule has 2 aliphatic rings. The summed E-state index contributed by atoms with van der Waals surface area (Å²) < 4.78 is 0. The molecule has 1 saturated carbocycles. The molecule has 2 fully saturated rings. The lowest BCUT2D eigenvalue weighted by molar-refractivity contribution is -0.124. The average Bonchev–Trinajstić information content (AvgIpc) is 3.00. The highest BCUT2D eigenvalue weighted by molar-refractivity contribution is 5.89. The highest BCUT2D eigenvalue weighted by Gasteiger charge is 2.46. The Morgan fingerprint density at radius 2 is 1.88 bits per heavy atom. The summed E-state index contributed by atoms with van der Waals surface area (Å²) in [4.78, 5) is 24.5. The Bertz CT molecular complexity index is 319. The van der Waals surface area contributed by atoms with E-state index >= 15 is 0 Å². The predicted molar refractivity (Wildman–Crippen MR) is 63.0 cm³/mol. The monoisotopic (exact) mass is 240 g/mol. The molecule has 0 unspecified atom stereocenters. The summed E-state index contributed by atoms with van der Waals surface area (Å²) in [6, 6.07) is 0.188. The van der Waals surface area contributed by atoms with Gasteiger partial charge in [-0.25, -0.2) is 0 Å². The molecule has 96 valence electrons. The lowest BCUT2D eigenvalue weighted by Crippen LogP contribution is -2.51. The number of amides is 2. The van der Waals surface area contributed by atoms with Crippen molar-refractivity contribution in [3.05, 3.63) is 0 Å². The van der Waals surface area contributed by atoms with E-state index in [-0.39, 0.29) is 17.9 Å². The number of nitrogens with two attached hydrogens (primary N) is 2. The van der Waals surface area contributed by atoms with Gasteiger partial charge in [0.15, 0.2) is 0 Å². The van der Waals surface area contributed by atoms with Crippen LogP contribution in [0.3, 0.4) is 0 Å². The Balaban J connectivity index is 1.72. The standard InChI is InChI=1S/C11H20N4O2/c12-9(16)7-15-5-1-8(2-6-15)14-10(17)11(13)3-4-11/h8H,1-7,13H2,(H2,12,16)(H,14,17). The molecule has 6 heteroatoms. The third-order valence-corrected chi connectivity index (χ3v) is 3.54. The average molecular weight is 240 g/mol. The lowest BCUT2D eigenvalue weighted by atomic mass is 10.0. The molecule has 1 aliphatic carbocycles. The summed E-state index contributed by atoms with van der Waals surface area (Å²) in [6.07, 6.45) is 3.29. The molecule has 2 rings (SSSR count). The number of carbonyl (C=O) groups excluding carboxylic acids is 2. The Morgan fingerprint density at radius 1 is 1.29 bits per heavy atom. The van der Waals surface area contributed by atoms with Crippen LogP contribution in [0.1, 0.15) is 25.7 Å². The number of piperidine rings is 1. The summed E-state index contributed by atoms with van der Waals surface area (Å²) in [6.45, 7) is 1.90. The first kappa shape index (κ1) is 12.3. The first-order chi connectivity index (χ1) is 7.99. The van der Waals surface area contributed by atoms with Crippen molar-refractivity contribution < 1.29 is 9.59 Å². The van der Waals surface area contributed by atoms with E-state index in [1.54, 1.807) is 0 Å². The SMILES string of the molecule is NC(=O)CN1CCC(NC(=O)C2(N)CC2)CC1. The zero-order chi connectivity index (χ0) is 12.5. The highest BCUT2D eigenvalue weighted by Crippen LogP contribution is 2.32. The van der Waals surface area contributed by atoms with Gasteiger partial charge in [-0.1, -0.05) is 0 Å². The van der Waals surface area contributed by atoms with Crippen LogP contribution in [-0.2, 0) is 9.59 Å². The van der Waals surface area contributed by atoms with E-state index in [9.17, 15) is 9.59 Å². The molecule has 0 atom stereocenters. The van der Waals surface area contributed by atoms with E-state index in [4.69, 9.17) is 11.5 Å². The summed E-state index contributed by atoms with van der Waals surface area (Å²) in [5.74, 6) is -0.322. The quantitative estimate of drug-likeness (QED) is 0.559. The summed E-state index contributed by atoms with van der Waals surface area (Å²) in [5.41, 5.74) is 10.4. The molecule has 2 amide bonds. The number of rotatable bonds is 4. The molecule has 1 saturated heterocycles. The molecule has 0 spiro atoms. The number of nitrogens with zero attached hydrogens (tertiary/aromatic N) is 1. The maximum absolute atomic E-state index is 11.7. The second kappa shape index (κ2) is 4.62. The molecular formula is C11H20N4O2. The third-order valence-electron chi connectivity index (χ3n) is 3.54. The van der Waals surface area contributed by atoms with Gasteiger partial charge >= 0.3 is 0 Å². The van der Waals surface area contributed by atoms with Crippen molar-refractivity contribution in [2.45, 2.75) is 37.3 Å². The maximum atomic E-state index is 11.7. The fourth-order valence-electron chi connectivity index (χ4n) is 2.15. The van der Waals surface area contributed by atoms with Gasteiger partial charge in [-0.3, -0.25) is 14.5 Å². The van der Waals surface area contributed by atoms with Crippen LogP contribution < -0.4 is 16.8 Å². The summed E-state index contributed by atoms with van der Waals surface area (Å²) in [7, 11) is 0. The van der Waals surface area contributed by atoms with Gasteiger partial charge in [0.05, 0.1) is 12.1 Å². The van der Waals surface area contributed by atoms with E-state index in [0.29, 0.717) is 6.54 Å². The molecule has 0 aromatic rings. The zero-order valence-corrected chi connectivity index (χ0v) is 9.95. The number of primary amides is 1. The number of carbonyl (C=O) groups is 2. The van der Waals surface area contributed by atoms with Crippen LogP contribution in [-0.4, -0.2) is 47.9 Å². The molecular weight excluding hydrogens is 220 g/mol. The minimum absolute atomic E-state index is 0.0224. The van der Waals surface area contributed by atoms with Gasteiger partial charge in [-0.2, -0.15) is 0 Å². The van der Waals surface area contributed by atoms with Crippen molar-refractivity contribution in [2.24, 2.45) is 11.5 Å². The summed E-state index contributed by atoms with van der Waals surface area (Å²) in [5, 5.41) is 2.99. The fourth-order valence-corrected chi connectivity index (χ4v) is 2.15. The van der Waals surface area contributed by atoms with Gasteiger partial charge in [0.25, 0.3) is 0 Å². The molecule has 0 aromatic heterocycles. The molecule has 17 heavy (non-hydrogen) atoms. The molecule has 0 radical (unpaired) electrons. The van der Waals surface area contributed by atoms with E-state index in [2.05, 4.69) is 5.32 Å². The van der Waals surface area contributed by atoms with Gasteiger partial charge in [0.1, 0.15) is 0 Å². The van der Waals surface area contributed by atoms with E-state index in [0.717, 1.165) is 38.8 Å². The van der Waals surface area contributed by atoms with Crippen LogP contribution in [0.25, 0.3) is 0 Å². The molecule has 0 aromatic carbocycles. The van der Waals surface area contributed by atoms with Crippen molar-refractivity contribution in [3.63, 3.8) is 0 Å². The predicted octanol–water partition coefficient (Wildman–Crippen LogP) is -1.46. The third kappa shape index (κ3) is 3.17. The Kier molecular flexibility index (Phi) is 3.35. The minimum atomic E-state index is -0.593. The van der Waals surface area contributed by atoms with Crippen LogP contribution >= 0.6 is 0 Å². The second-order valence-corrected chi connectivity index (χ2v) is 5.15. The topological polar surface area (TPSA) is 101 Å². The fraction of sp³-hybridized carbons (Fsp3) is 0.818. The van der Waals surface area contributed by atoms with Crippen molar-refractivity contribution in [2.75, 3.05) is 19.6 Å². The molecule has 0 bridgehead atoms. The van der Waals surface area contributed by atoms with Crippen molar-refractivity contribution in [1.29, 1.82) is 0 Å². The highest BCUT2D eigenvalue weighted by atomic mass is 16.2. The van der Waals surface area contributed by atoms with Crippen molar-refractivity contribution >= 4 is 11.8 Å². The smallest absolute Gasteiger partial charge is 0.240 e. The van der Waals surface area contributed by atoms with Crippen molar-refractivity contribution in [1.82, 2.24) is 10.2 Å². The van der Waals surface area contributed by atoms with Gasteiger partial charge in [0.2, 0.25) is 11.8 Å². The van der Waals surface area contributed by atoms with E-state index in [1.807, 2.05) is 4.90 Å². The van der Waals surface area contributed by atoms with Gasteiger partial charge in [0, 0.05) is 19.1 Å². The molecule has 6 nitrogen and oxygen atoms in total. The molecule has 1 aliphatic heterocycles. The Hall–Kier alpha value is -1.14. The zero-order valence-electron chi connectivity index (χ0n) is 9.95. The van der Waals surface area contributed by atoms with E-state index < -0.39 is 5.54 Å². The van der Waals surface area contributed by atoms with Crippen molar-refractivity contribution in [3.8, 4) is 0 Å². The molecule has 1 heterocycles. The Labute approximate surface area is 101 Å². The van der Waals surface area contributed by atoms with Gasteiger partial charge in [-0.15, -0.1) is 0 Å². The first-order valence-electron chi connectivity index (χ1n) is 6.10. The number of likely N-dealkylation sites (tertiary alicyclic amines) is 1. The van der Waals surface area contributed by atoms with E-state index in [1.165, 1.54) is 0 Å². The van der Waals surface area contributed by atoms with Crippen LogP contribution in [0.5, 0.6) is 0 Å². The van der Waals surface area contributed by atoms with Gasteiger partial charge in [-0.05, 0) is 25.7 Å². The maximum Gasteiger partial charge on any atom is 0.240 e. The first-order valence-corrected chi connectivity index (χ1v) is 6.10. The normalized spacial score (nSPS) is 24.3. The number of nitrogens with one attached hydrogen (secondary N) is 1. The second-order valence-electron chi connectivity index (χ2n) is 5.15. The van der Waals surface area contributed by atoms with Crippen LogP contribution in [0.15, 0.2) is 0 Å². The summed E-state index contributed by atoms with van der Waals surface area (Å²) >= 11 is 0. The number of hydrogen-bond donors (Lipinski definition) is 3.